The van der Waals surface area contributed by atoms with Crippen LogP contribution in [0, 0.1) is 5.92 Å². The van der Waals surface area contributed by atoms with Gasteiger partial charge in [0.15, 0.2) is 0 Å². The van der Waals surface area contributed by atoms with Gasteiger partial charge in [0.2, 0.25) is 0 Å². The second-order valence-electron chi connectivity index (χ2n) is 7.32. The maximum absolute atomic E-state index is 12.8. The van der Waals surface area contributed by atoms with E-state index in [4.69, 9.17) is 0 Å². The van der Waals surface area contributed by atoms with Crippen molar-refractivity contribution in [1.29, 1.82) is 0 Å². The van der Waals surface area contributed by atoms with Gasteiger partial charge in [0, 0.05) is 24.7 Å². The highest BCUT2D eigenvalue weighted by Gasteiger charge is 2.31. The second kappa shape index (κ2) is 6.04. The van der Waals surface area contributed by atoms with Crippen LogP contribution in [0.5, 0.6) is 0 Å². The van der Waals surface area contributed by atoms with E-state index in [9.17, 15) is 4.79 Å². The Morgan fingerprint density at radius 3 is 2.95 bits per heavy atom. The van der Waals surface area contributed by atoms with Crippen LogP contribution in [0.1, 0.15) is 53.6 Å². The highest BCUT2D eigenvalue weighted by atomic mass is 16.1. The number of aryl methyl sites for hydroxylation is 1. The molecular formula is C19H26N2O. The van der Waals surface area contributed by atoms with Crippen LogP contribution in [-0.2, 0) is 12.8 Å². The van der Waals surface area contributed by atoms with Crippen molar-refractivity contribution in [3.8, 4) is 0 Å². The summed E-state index contributed by atoms with van der Waals surface area (Å²) < 4.78 is 0. The molecule has 0 aromatic heterocycles. The summed E-state index contributed by atoms with van der Waals surface area (Å²) in [6, 6.07) is 6.61. The van der Waals surface area contributed by atoms with Crippen molar-refractivity contribution in [3.63, 3.8) is 0 Å². The molecule has 1 aromatic rings. The van der Waals surface area contributed by atoms with Crippen LogP contribution in [-0.4, -0.2) is 36.5 Å². The fourth-order valence-corrected chi connectivity index (χ4v) is 4.66. The largest absolute Gasteiger partial charge is 0.348 e. The second-order valence-corrected chi connectivity index (χ2v) is 7.32. The van der Waals surface area contributed by atoms with Gasteiger partial charge in [-0.1, -0.05) is 12.1 Å². The van der Waals surface area contributed by atoms with Crippen molar-refractivity contribution in [2.45, 2.75) is 51.0 Å². The summed E-state index contributed by atoms with van der Waals surface area (Å²) in [5, 5.41) is 3.33. The molecular weight excluding hydrogens is 272 g/mol. The van der Waals surface area contributed by atoms with E-state index >= 15 is 0 Å². The predicted molar refractivity (Wildman–Crippen MR) is 88.1 cm³/mol. The quantitative estimate of drug-likeness (QED) is 0.910. The van der Waals surface area contributed by atoms with Crippen molar-refractivity contribution >= 4 is 5.91 Å². The van der Waals surface area contributed by atoms with Gasteiger partial charge in [-0.25, -0.2) is 0 Å². The number of piperidine rings is 2. The predicted octanol–water partition coefficient (Wildman–Crippen LogP) is 2.78. The van der Waals surface area contributed by atoms with Crippen LogP contribution in [0.15, 0.2) is 18.2 Å². The molecule has 3 atom stereocenters. The first kappa shape index (κ1) is 14.3. The molecule has 1 aromatic carbocycles. The Balaban J connectivity index is 1.48. The lowest BCUT2D eigenvalue weighted by molar-refractivity contribution is 0.0776. The van der Waals surface area contributed by atoms with Crippen LogP contribution in [0.25, 0.3) is 0 Å². The molecule has 2 unspecified atom stereocenters. The molecule has 118 valence electrons. The van der Waals surface area contributed by atoms with E-state index < -0.39 is 0 Å². The van der Waals surface area contributed by atoms with Crippen molar-refractivity contribution < 1.29 is 4.79 Å². The number of hydrogen-bond donors (Lipinski definition) is 1. The summed E-state index contributed by atoms with van der Waals surface area (Å²) >= 11 is 0. The summed E-state index contributed by atoms with van der Waals surface area (Å²) in [6.07, 6.45) is 8.51. The highest BCUT2D eigenvalue weighted by Crippen LogP contribution is 2.27. The molecule has 0 spiro atoms. The van der Waals surface area contributed by atoms with Crippen LogP contribution < -0.4 is 5.32 Å². The number of amides is 1. The average Bonchev–Trinajstić information content (AvgIpc) is 2.54. The van der Waals surface area contributed by atoms with Crippen LogP contribution >= 0.6 is 0 Å². The molecule has 3 nitrogen and oxygen atoms in total. The van der Waals surface area contributed by atoms with Crippen molar-refractivity contribution in [2.75, 3.05) is 19.6 Å². The van der Waals surface area contributed by atoms with Crippen LogP contribution in [0.3, 0.4) is 0 Å². The number of nitrogens with one attached hydrogen (secondary N) is 1. The van der Waals surface area contributed by atoms with Gasteiger partial charge in [0.25, 0.3) is 5.91 Å². The van der Waals surface area contributed by atoms with Gasteiger partial charge in [0.1, 0.15) is 0 Å². The number of rotatable bonds is 2. The Morgan fingerprint density at radius 1 is 1.14 bits per heavy atom. The monoisotopic (exact) mass is 298 g/mol. The van der Waals surface area contributed by atoms with E-state index in [1.165, 1.54) is 49.9 Å². The lowest BCUT2D eigenvalue weighted by atomic mass is 9.86. The molecule has 0 radical (unpaired) electrons. The van der Waals surface area contributed by atoms with Gasteiger partial charge in [-0.05, 0) is 74.6 Å². The summed E-state index contributed by atoms with van der Waals surface area (Å²) in [7, 11) is 0. The third kappa shape index (κ3) is 2.79. The maximum Gasteiger partial charge on any atom is 0.251 e. The zero-order valence-electron chi connectivity index (χ0n) is 13.3. The zero-order valence-corrected chi connectivity index (χ0v) is 13.3. The molecule has 22 heavy (non-hydrogen) atoms. The fourth-order valence-electron chi connectivity index (χ4n) is 4.66. The smallest absolute Gasteiger partial charge is 0.251 e. The SMILES string of the molecule is O=C(N[C@H]1CC2CCCN(C2)C1)c1cccc2c1CCCC2. The summed E-state index contributed by atoms with van der Waals surface area (Å²) in [4.78, 5) is 15.3. The molecule has 2 fully saturated rings. The Labute approximate surface area is 133 Å². The van der Waals surface area contributed by atoms with Gasteiger partial charge >= 0.3 is 0 Å². The molecule has 1 aliphatic carbocycles. The topological polar surface area (TPSA) is 32.3 Å². The first-order valence-corrected chi connectivity index (χ1v) is 8.93. The first-order valence-electron chi connectivity index (χ1n) is 8.93. The molecule has 1 N–H and O–H groups in total. The van der Waals surface area contributed by atoms with E-state index in [1.54, 1.807) is 0 Å². The molecule has 3 aliphatic rings. The minimum absolute atomic E-state index is 0.157. The van der Waals surface area contributed by atoms with Crippen molar-refractivity contribution in [2.24, 2.45) is 5.92 Å². The molecule has 2 bridgehead atoms. The van der Waals surface area contributed by atoms with E-state index in [2.05, 4.69) is 22.3 Å². The normalized spacial score (nSPS) is 30.5. The highest BCUT2D eigenvalue weighted by molar-refractivity contribution is 5.96. The van der Waals surface area contributed by atoms with Gasteiger partial charge in [0.05, 0.1) is 0 Å². The molecule has 2 aliphatic heterocycles. The van der Waals surface area contributed by atoms with Gasteiger partial charge in [-0.2, -0.15) is 0 Å². The molecule has 4 rings (SSSR count). The molecule has 1 amide bonds. The lowest BCUT2D eigenvalue weighted by Crippen LogP contribution is -2.53. The minimum Gasteiger partial charge on any atom is -0.348 e. The number of hydrogen-bond acceptors (Lipinski definition) is 2. The number of carbonyl (C=O) groups is 1. The Bertz CT molecular complexity index is 557. The minimum atomic E-state index is 0.157. The standard InChI is InChI=1S/C19H26N2O/c22-19(18-9-3-7-15-6-1-2-8-17(15)18)20-16-11-14-5-4-10-21(12-14)13-16/h3,7,9,14,16H,1-2,4-6,8,10-13H2,(H,20,22)/t14?,16-/m0/s1. The lowest BCUT2D eigenvalue weighted by Gasteiger charge is -2.41. The fraction of sp³-hybridized carbons (Fsp3) is 0.632. The maximum atomic E-state index is 12.8. The third-order valence-electron chi connectivity index (χ3n) is 5.68. The Kier molecular flexibility index (Phi) is 3.91. The van der Waals surface area contributed by atoms with E-state index in [1.807, 2.05) is 6.07 Å². The molecule has 3 heteroatoms. The molecule has 2 saturated heterocycles. The number of benzene rings is 1. The summed E-state index contributed by atoms with van der Waals surface area (Å²) in [5.41, 5.74) is 3.63. The third-order valence-corrected chi connectivity index (χ3v) is 5.68. The van der Waals surface area contributed by atoms with Gasteiger partial charge < -0.3 is 10.2 Å². The van der Waals surface area contributed by atoms with E-state index in [0.29, 0.717) is 6.04 Å². The van der Waals surface area contributed by atoms with Crippen LogP contribution in [0.2, 0.25) is 0 Å². The average molecular weight is 298 g/mol. The van der Waals surface area contributed by atoms with E-state index in [0.717, 1.165) is 37.3 Å². The number of nitrogens with zero attached hydrogens (tertiary/aromatic N) is 1. The summed E-state index contributed by atoms with van der Waals surface area (Å²) in [6.45, 7) is 3.49. The van der Waals surface area contributed by atoms with E-state index in [-0.39, 0.29) is 5.91 Å². The number of carbonyl (C=O) groups excluding carboxylic acids is 1. The zero-order chi connectivity index (χ0) is 14.9. The molecule has 2 heterocycles. The van der Waals surface area contributed by atoms with Crippen LogP contribution in [0.4, 0.5) is 0 Å². The van der Waals surface area contributed by atoms with Gasteiger partial charge in [-0.15, -0.1) is 0 Å². The number of fused-ring (bicyclic) bond motifs is 3. The Hall–Kier alpha value is -1.35. The summed E-state index contributed by atoms with van der Waals surface area (Å²) in [5.74, 6) is 0.947. The van der Waals surface area contributed by atoms with Crippen molar-refractivity contribution in [3.05, 3.63) is 34.9 Å². The van der Waals surface area contributed by atoms with Gasteiger partial charge in [-0.3, -0.25) is 4.79 Å². The van der Waals surface area contributed by atoms with Crippen molar-refractivity contribution in [1.82, 2.24) is 10.2 Å². The Morgan fingerprint density at radius 2 is 2.05 bits per heavy atom. The first-order chi connectivity index (χ1) is 10.8. The molecule has 0 saturated carbocycles.